The highest BCUT2D eigenvalue weighted by atomic mass is 79.9. The van der Waals surface area contributed by atoms with E-state index in [0.717, 1.165) is 10.0 Å². The molecule has 0 aromatic carbocycles. The minimum absolute atomic E-state index is 0.149. The van der Waals surface area contributed by atoms with Crippen molar-refractivity contribution in [1.82, 2.24) is 10.3 Å². The lowest BCUT2D eigenvalue weighted by Gasteiger charge is -1.99. The second-order valence-corrected chi connectivity index (χ2v) is 3.65. The van der Waals surface area contributed by atoms with Crippen molar-refractivity contribution in [3.05, 3.63) is 26.9 Å². The Hall–Kier alpha value is -0.610. The van der Waals surface area contributed by atoms with Gasteiger partial charge in [-0.25, -0.2) is 4.98 Å². The molecule has 2 rings (SSSR count). The Morgan fingerprint density at radius 3 is 3.08 bits per heavy atom. The number of nitrogens with zero attached hydrogens (tertiary/aromatic N) is 1. The second-order valence-electron chi connectivity index (χ2n) is 2.43. The zero-order valence-corrected chi connectivity index (χ0v) is 8.24. The lowest BCUT2D eigenvalue weighted by molar-refractivity contribution is 0.0965. The van der Waals surface area contributed by atoms with Gasteiger partial charge in [0, 0.05) is 22.8 Å². The SMILES string of the molecule is O=C1NCc2c(Br)cnc(Cl)c21. The molecule has 1 N–H and O–H groups in total. The van der Waals surface area contributed by atoms with Crippen LogP contribution in [0.3, 0.4) is 0 Å². The molecule has 5 heteroatoms. The molecule has 1 aliphatic rings. The molecule has 3 nitrogen and oxygen atoms in total. The van der Waals surface area contributed by atoms with Gasteiger partial charge in [-0.1, -0.05) is 11.6 Å². The number of fused-ring (bicyclic) bond motifs is 1. The van der Waals surface area contributed by atoms with E-state index in [9.17, 15) is 4.79 Å². The summed E-state index contributed by atoms with van der Waals surface area (Å²) in [5, 5.41) is 2.94. The number of hydrogen-bond donors (Lipinski definition) is 1. The summed E-state index contributed by atoms with van der Waals surface area (Å²) in [6, 6.07) is 0. The smallest absolute Gasteiger partial charge is 0.255 e. The number of amides is 1. The fourth-order valence-electron chi connectivity index (χ4n) is 1.16. The summed E-state index contributed by atoms with van der Waals surface area (Å²) in [7, 11) is 0. The number of carbonyl (C=O) groups excluding carboxylic acids is 1. The second kappa shape index (κ2) is 2.71. The van der Waals surface area contributed by atoms with E-state index in [2.05, 4.69) is 26.2 Å². The van der Waals surface area contributed by atoms with Gasteiger partial charge in [0.05, 0.1) is 5.56 Å². The minimum Gasteiger partial charge on any atom is -0.348 e. The predicted octanol–water partition coefficient (Wildman–Crippen LogP) is 1.74. The van der Waals surface area contributed by atoms with Gasteiger partial charge in [0.1, 0.15) is 5.15 Å². The first-order valence-electron chi connectivity index (χ1n) is 3.31. The molecular weight excluding hydrogens is 243 g/mol. The van der Waals surface area contributed by atoms with Gasteiger partial charge in [0.25, 0.3) is 5.91 Å². The van der Waals surface area contributed by atoms with E-state index in [1.807, 2.05) is 0 Å². The van der Waals surface area contributed by atoms with Gasteiger partial charge in [-0.3, -0.25) is 4.79 Å². The molecule has 0 fully saturated rings. The lowest BCUT2D eigenvalue weighted by atomic mass is 10.2. The van der Waals surface area contributed by atoms with Crippen LogP contribution in [0.5, 0.6) is 0 Å². The van der Waals surface area contributed by atoms with Crippen LogP contribution >= 0.6 is 27.5 Å². The number of rotatable bonds is 0. The van der Waals surface area contributed by atoms with Crippen LogP contribution in [0.1, 0.15) is 15.9 Å². The van der Waals surface area contributed by atoms with Gasteiger partial charge in [-0.05, 0) is 15.9 Å². The van der Waals surface area contributed by atoms with Crippen LogP contribution in [0.4, 0.5) is 0 Å². The molecule has 1 amide bonds. The van der Waals surface area contributed by atoms with Gasteiger partial charge in [0.2, 0.25) is 0 Å². The van der Waals surface area contributed by atoms with Crippen molar-refractivity contribution in [2.45, 2.75) is 6.54 Å². The summed E-state index contributed by atoms with van der Waals surface area (Å²) in [6.07, 6.45) is 1.60. The van der Waals surface area contributed by atoms with E-state index in [-0.39, 0.29) is 11.1 Å². The molecule has 0 radical (unpaired) electrons. The Morgan fingerprint density at radius 1 is 1.67 bits per heavy atom. The largest absolute Gasteiger partial charge is 0.348 e. The van der Waals surface area contributed by atoms with Crippen molar-refractivity contribution in [3.8, 4) is 0 Å². The number of halogens is 2. The monoisotopic (exact) mass is 246 g/mol. The molecule has 0 saturated heterocycles. The Bertz CT molecular complexity index is 367. The van der Waals surface area contributed by atoms with Crippen molar-refractivity contribution < 1.29 is 4.79 Å². The van der Waals surface area contributed by atoms with Gasteiger partial charge in [0.15, 0.2) is 0 Å². The molecule has 1 aliphatic heterocycles. The Balaban J connectivity index is 2.72. The maximum absolute atomic E-state index is 11.2. The van der Waals surface area contributed by atoms with Crippen LogP contribution in [0.2, 0.25) is 5.15 Å². The zero-order valence-electron chi connectivity index (χ0n) is 5.90. The van der Waals surface area contributed by atoms with Gasteiger partial charge < -0.3 is 5.32 Å². The summed E-state index contributed by atoms with van der Waals surface area (Å²) in [5.41, 5.74) is 1.38. The van der Waals surface area contributed by atoms with Crippen molar-refractivity contribution in [2.24, 2.45) is 0 Å². The molecular formula is C7H4BrClN2O. The van der Waals surface area contributed by atoms with Crippen LogP contribution < -0.4 is 5.32 Å². The van der Waals surface area contributed by atoms with Crippen LogP contribution in [0.25, 0.3) is 0 Å². The van der Waals surface area contributed by atoms with Crippen LogP contribution in [0.15, 0.2) is 10.7 Å². The molecule has 0 unspecified atom stereocenters. The Morgan fingerprint density at radius 2 is 2.42 bits per heavy atom. The topological polar surface area (TPSA) is 42.0 Å². The molecule has 0 atom stereocenters. The van der Waals surface area contributed by atoms with Crippen LogP contribution in [-0.2, 0) is 6.54 Å². The standard InChI is InChI=1S/C7H4BrClN2O/c8-4-2-10-6(9)5-3(4)1-11-7(5)12/h2H,1H2,(H,11,12). The van der Waals surface area contributed by atoms with Gasteiger partial charge >= 0.3 is 0 Å². The molecule has 0 saturated carbocycles. The normalized spacial score (nSPS) is 14.3. The first-order valence-corrected chi connectivity index (χ1v) is 4.48. The maximum Gasteiger partial charge on any atom is 0.255 e. The Kier molecular flexibility index (Phi) is 1.81. The molecule has 1 aromatic rings. The molecule has 12 heavy (non-hydrogen) atoms. The Labute approximate surface area is 82.3 Å². The highest BCUT2D eigenvalue weighted by Crippen LogP contribution is 2.28. The molecule has 0 bridgehead atoms. The minimum atomic E-state index is -0.149. The lowest BCUT2D eigenvalue weighted by Crippen LogP contribution is -2.12. The molecule has 62 valence electrons. The van der Waals surface area contributed by atoms with E-state index in [0.29, 0.717) is 12.1 Å². The van der Waals surface area contributed by atoms with Crippen molar-refractivity contribution in [2.75, 3.05) is 0 Å². The molecule has 2 heterocycles. The average Bonchev–Trinajstić information content (AvgIpc) is 2.42. The first-order chi connectivity index (χ1) is 5.70. The number of nitrogens with one attached hydrogen (secondary N) is 1. The van der Waals surface area contributed by atoms with Crippen LogP contribution in [0, 0.1) is 0 Å². The van der Waals surface area contributed by atoms with E-state index < -0.39 is 0 Å². The third kappa shape index (κ3) is 1.03. The molecule has 1 aromatic heterocycles. The van der Waals surface area contributed by atoms with Crippen molar-refractivity contribution in [3.63, 3.8) is 0 Å². The number of carbonyl (C=O) groups is 1. The fourth-order valence-corrected chi connectivity index (χ4v) is 1.85. The van der Waals surface area contributed by atoms with E-state index >= 15 is 0 Å². The highest BCUT2D eigenvalue weighted by Gasteiger charge is 2.24. The zero-order chi connectivity index (χ0) is 8.72. The average molecular weight is 247 g/mol. The molecule has 0 spiro atoms. The first kappa shape index (κ1) is 8.01. The summed E-state index contributed by atoms with van der Waals surface area (Å²) < 4.78 is 0.820. The third-order valence-corrected chi connectivity index (χ3v) is 2.71. The highest BCUT2D eigenvalue weighted by molar-refractivity contribution is 9.10. The summed E-state index contributed by atoms with van der Waals surface area (Å²) in [4.78, 5) is 15.0. The van der Waals surface area contributed by atoms with E-state index in [1.165, 1.54) is 0 Å². The van der Waals surface area contributed by atoms with Gasteiger partial charge in [-0.15, -0.1) is 0 Å². The van der Waals surface area contributed by atoms with Crippen molar-refractivity contribution >= 4 is 33.4 Å². The third-order valence-electron chi connectivity index (χ3n) is 1.74. The number of pyridine rings is 1. The van der Waals surface area contributed by atoms with E-state index in [4.69, 9.17) is 11.6 Å². The van der Waals surface area contributed by atoms with E-state index in [1.54, 1.807) is 6.20 Å². The maximum atomic E-state index is 11.2. The van der Waals surface area contributed by atoms with Crippen LogP contribution in [-0.4, -0.2) is 10.9 Å². The summed E-state index contributed by atoms with van der Waals surface area (Å²) >= 11 is 9.04. The quantitative estimate of drug-likeness (QED) is 0.710. The fraction of sp³-hybridized carbons (Fsp3) is 0.143. The number of hydrogen-bond acceptors (Lipinski definition) is 2. The summed E-state index contributed by atoms with van der Waals surface area (Å²) in [5.74, 6) is -0.149. The number of aromatic nitrogens is 1. The molecule has 0 aliphatic carbocycles. The predicted molar refractivity (Wildman–Crippen MR) is 48.1 cm³/mol. The van der Waals surface area contributed by atoms with Crippen molar-refractivity contribution in [1.29, 1.82) is 0 Å². The summed E-state index contributed by atoms with van der Waals surface area (Å²) in [6.45, 7) is 0.525. The van der Waals surface area contributed by atoms with Gasteiger partial charge in [-0.2, -0.15) is 0 Å².